The summed E-state index contributed by atoms with van der Waals surface area (Å²) in [4.78, 5) is 10.6. The first-order valence-corrected chi connectivity index (χ1v) is 4.46. The van der Waals surface area contributed by atoms with Gasteiger partial charge in [-0.1, -0.05) is 13.0 Å². The number of halogens is 1. The smallest absolute Gasteiger partial charge is 0.306 e. The van der Waals surface area contributed by atoms with Crippen molar-refractivity contribution < 1.29 is 14.3 Å². The lowest BCUT2D eigenvalue weighted by Crippen LogP contribution is -2.12. The van der Waals surface area contributed by atoms with Crippen molar-refractivity contribution in [3.05, 3.63) is 35.1 Å². The molecule has 1 unspecified atom stereocenters. The second kappa shape index (κ2) is 4.56. The first-order chi connectivity index (χ1) is 7.04. The molecule has 0 fully saturated rings. The zero-order chi connectivity index (χ0) is 11.4. The quantitative estimate of drug-likeness (QED) is 0.824. The van der Waals surface area contributed by atoms with Crippen LogP contribution in [0.2, 0.25) is 0 Å². The fourth-order valence-electron chi connectivity index (χ4n) is 1.22. The minimum absolute atomic E-state index is 0.0262. The highest BCUT2D eigenvalue weighted by Gasteiger charge is 2.12. The van der Waals surface area contributed by atoms with Crippen LogP contribution in [-0.2, 0) is 11.2 Å². The van der Waals surface area contributed by atoms with Crippen LogP contribution in [0.3, 0.4) is 0 Å². The number of nitrogens with zero attached hydrogens (tertiary/aromatic N) is 1. The van der Waals surface area contributed by atoms with Crippen molar-refractivity contribution in [1.82, 2.24) is 0 Å². The molecule has 1 rings (SSSR count). The van der Waals surface area contributed by atoms with Crippen molar-refractivity contribution in [3.8, 4) is 6.07 Å². The van der Waals surface area contributed by atoms with Crippen LogP contribution in [0.4, 0.5) is 4.39 Å². The molecule has 0 radical (unpaired) electrons. The van der Waals surface area contributed by atoms with Gasteiger partial charge in [-0.2, -0.15) is 5.26 Å². The predicted octanol–water partition coefficient (Wildman–Crippen LogP) is 1.96. The number of nitriles is 1. The van der Waals surface area contributed by atoms with Gasteiger partial charge >= 0.3 is 5.97 Å². The summed E-state index contributed by atoms with van der Waals surface area (Å²) in [5.41, 5.74) is 0.558. The van der Waals surface area contributed by atoms with Crippen LogP contribution in [0.1, 0.15) is 18.1 Å². The van der Waals surface area contributed by atoms with Gasteiger partial charge in [0.25, 0.3) is 0 Å². The van der Waals surface area contributed by atoms with Crippen molar-refractivity contribution in [2.24, 2.45) is 5.92 Å². The van der Waals surface area contributed by atoms with Gasteiger partial charge in [-0.3, -0.25) is 4.79 Å². The van der Waals surface area contributed by atoms with E-state index in [1.807, 2.05) is 0 Å². The standard InChI is InChI=1S/C11H10FNO2/c1-7(11(14)15)4-8-2-3-9(6-13)10(12)5-8/h2-3,5,7H,4H2,1H3,(H,14,15). The maximum atomic E-state index is 13.1. The van der Waals surface area contributed by atoms with E-state index in [1.54, 1.807) is 19.1 Å². The van der Waals surface area contributed by atoms with Gasteiger partial charge in [0.05, 0.1) is 11.5 Å². The van der Waals surface area contributed by atoms with Crippen molar-refractivity contribution >= 4 is 5.97 Å². The van der Waals surface area contributed by atoms with E-state index in [0.29, 0.717) is 5.56 Å². The van der Waals surface area contributed by atoms with E-state index >= 15 is 0 Å². The van der Waals surface area contributed by atoms with Gasteiger partial charge in [0.2, 0.25) is 0 Å². The minimum atomic E-state index is -0.917. The van der Waals surface area contributed by atoms with Crippen molar-refractivity contribution in [1.29, 1.82) is 5.26 Å². The molecule has 1 aromatic carbocycles. The SMILES string of the molecule is CC(Cc1ccc(C#N)c(F)c1)C(=O)O. The van der Waals surface area contributed by atoms with E-state index in [4.69, 9.17) is 10.4 Å². The van der Waals surface area contributed by atoms with Gasteiger partial charge in [-0.05, 0) is 24.1 Å². The van der Waals surface area contributed by atoms with E-state index < -0.39 is 17.7 Å². The summed E-state index contributed by atoms with van der Waals surface area (Å²) in [6.45, 7) is 1.55. The molecular weight excluding hydrogens is 197 g/mol. The topological polar surface area (TPSA) is 61.1 Å². The van der Waals surface area contributed by atoms with Gasteiger partial charge in [-0.15, -0.1) is 0 Å². The minimum Gasteiger partial charge on any atom is -0.481 e. The Hall–Kier alpha value is -1.89. The fraction of sp³-hybridized carbons (Fsp3) is 0.273. The third-order valence-electron chi connectivity index (χ3n) is 2.12. The number of carboxylic acid groups (broad SMARTS) is 1. The van der Waals surface area contributed by atoms with Crippen LogP contribution in [0.25, 0.3) is 0 Å². The lowest BCUT2D eigenvalue weighted by Gasteiger charge is -2.06. The van der Waals surface area contributed by atoms with Crippen molar-refractivity contribution in [2.75, 3.05) is 0 Å². The molecule has 0 amide bonds. The molecule has 3 nitrogen and oxygen atoms in total. The first-order valence-electron chi connectivity index (χ1n) is 4.46. The predicted molar refractivity (Wildman–Crippen MR) is 51.6 cm³/mol. The van der Waals surface area contributed by atoms with Crippen LogP contribution in [-0.4, -0.2) is 11.1 Å². The van der Waals surface area contributed by atoms with Crippen LogP contribution in [0.5, 0.6) is 0 Å². The van der Waals surface area contributed by atoms with Crippen LogP contribution >= 0.6 is 0 Å². The summed E-state index contributed by atoms with van der Waals surface area (Å²) >= 11 is 0. The normalized spacial score (nSPS) is 11.8. The number of rotatable bonds is 3. The van der Waals surface area contributed by atoms with Gasteiger partial charge < -0.3 is 5.11 Å². The largest absolute Gasteiger partial charge is 0.481 e. The molecule has 0 aliphatic heterocycles. The Morgan fingerprint density at radius 3 is 2.80 bits per heavy atom. The Kier molecular flexibility index (Phi) is 3.40. The average molecular weight is 207 g/mol. The Morgan fingerprint density at radius 2 is 2.33 bits per heavy atom. The zero-order valence-electron chi connectivity index (χ0n) is 8.20. The molecule has 0 aliphatic rings. The second-order valence-corrected chi connectivity index (χ2v) is 3.37. The van der Waals surface area contributed by atoms with E-state index in [9.17, 15) is 9.18 Å². The summed E-state index contributed by atoms with van der Waals surface area (Å²) in [5.74, 6) is -2.08. The van der Waals surface area contributed by atoms with E-state index in [0.717, 1.165) is 0 Å². The number of carbonyl (C=O) groups is 1. The number of aliphatic carboxylic acids is 1. The molecule has 15 heavy (non-hydrogen) atoms. The third-order valence-corrected chi connectivity index (χ3v) is 2.12. The molecular formula is C11H10FNO2. The summed E-state index contributed by atoms with van der Waals surface area (Å²) < 4.78 is 13.1. The Balaban J connectivity index is 2.85. The lowest BCUT2D eigenvalue weighted by atomic mass is 10.0. The van der Waals surface area contributed by atoms with Crippen molar-refractivity contribution in [3.63, 3.8) is 0 Å². The molecule has 1 atom stereocenters. The number of benzene rings is 1. The molecule has 0 saturated heterocycles. The highest BCUT2D eigenvalue weighted by Crippen LogP contribution is 2.13. The maximum Gasteiger partial charge on any atom is 0.306 e. The molecule has 0 aromatic heterocycles. The van der Waals surface area contributed by atoms with Gasteiger partial charge in [0.15, 0.2) is 0 Å². The van der Waals surface area contributed by atoms with Gasteiger partial charge in [0.1, 0.15) is 11.9 Å². The molecule has 0 saturated carbocycles. The lowest BCUT2D eigenvalue weighted by molar-refractivity contribution is -0.141. The molecule has 0 spiro atoms. The number of hydrogen-bond acceptors (Lipinski definition) is 2. The number of carboxylic acids is 1. The summed E-state index contributed by atoms with van der Waals surface area (Å²) in [6.07, 6.45) is 0.262. The average Bonchev–Trinajstić information content (AvgIpc) is 2.18. The zero-order valence-corrected chi connectivity index (χ0v) is 8.20. The Morgan fingerprint density at radius 1 is 1.67 bits per heavy atom. The van der Waals surface area contributed by atoms with Crippen LogP contribution < -0.4 is 0 Å². The van der Waals surface area contributed by atoms with Gasteiger partial charge in [-0.25, -0.2) is 4.39 Å². The molecule has 78 valence electrons. The highest BCUT2D eigenvalue weighted by atomic mass is 19.1. The molecule has 1 N–H and O–H groups in total. The Labute approximate surface area is 86.8 Å². The first kappa shape index (κ1) is 11.2. The monoisotopic (exact) mass is 207 g/mol. The summed E-state index contributed by atoms with van der Waals surface area (Å²) in [6, 6.07) is 5.84. The molecule has 1 aromatic rings. The van der Waals surface area contributed by atoms with Crippen LogP contribution in [0.15, 0.2) is 18.2 Å². The molecule has 4 heteroatoms. The van der Waals surface area contributed by atoms with E-state index in [-0.39, 0.29) is 12.0 Å². The molecule has 0 heterocycles. The maximum absolute atomic E-state index is 13.1. The second-order valence-electron chi connectivity index (χ2n) is 3.37. The fourth-order valence-corrected chi connectivity index (χ4v) is 1.22. The summed E-state index contributed by atoms with van der Waals surface area (Å²) in [7, 11) is 0. The molecule has 0 bridgehead atoms. The third kappa shape index (κ3) is 2.78. The summed E-state index contributed by atoms with van der Waals surface area (Å²) in [5, 5.41) is 17.2. The Bertz CT molecular complexity index is 423. The van der Waals surface area contributed by atoms with Crippen LogP contribution in [0, 0.1) is 23.1 Å². The van der Waals surface area contributed by atoms with Gasteiger partial charge in [0, 0.05) is 0 Å². The highest BCUT2D eigenvalue weighted by molar-refractivity contribution is 5.69. The number of hydrogen-bond donors (Lipinski definition) is 1. The molecule has 0 aliphatic carbocycles. The van der Waals surface area contributed by atoms with E-state index in [2.05, 4.69) is 0 Å². The van der Waals surface area contributed by atoms with Crippen molar-refractivity contribution in [2.45, 2.75) is 13.3 Å². The van der Waals surface area contributed by atoms with E-state index in [1.165, 1.54) is 12.1 Å².